The van der Waals surface area contributed by atoms with E-state index in [-0.39, 0.29) is 29.9 Å². The molecule has 1 atom stereocenters. The van der Waals surface area contributed by atoms with E-state index in [1.165, 1.54) is 17.4 Å². The molecule has 1 aliphatic rings. The van der Waals surface area contributed by atoms with E-state index >= 15 is 0 Å². The summed E-state index contributed by atoms with van der Waals surface area (Å²) in [5, 5.41) is 1.43. The van der Waals surface area contributed by atoms with Crippen LogP contribution in [0.2, 0.25) is 5.02 Å². The zero-order valence-electron chi connectivity index (χ0n) is 14.0. The van der Waals surface area contributed by atoms with Gasteiger partial charge in [-0.25, -0.2) is 9.78 Å². The normalized spacial score (nSPS) is 17.2. The average Bonchev–Trinajstić information content (AvgIpc) is 3.30. The highest BCUT2D eigenvalue weighted by atomic mass is 35.5. The van der Waals surface area contributed by atoms with Crippen molar-refractivity contribution >= 4 is 29.0 Å². The lowest BCUT2D eigenvalue weighted by molar-refractivity contribution is -0.137. The molecule has 1 saturated heterocycles. The quantitative estimate of drug-likeness (QED) is 0.693. The van der Waals surface area contributed by atoms with Crippen LogP contribution in [-0.4, -0.2) is 35.7 Å². The molecule has 0 saturated carbocycles. The van der Waals surface area contributed by atoms with Gasteiger partial charge in [0.2, 0.25) is 0 Å². The fourth-order valence-electron chi connectivity index (χ4n) is 2.70. The smallest absolute Gasteiger partial charge is 0.417 e. The zero-order chi connectivity index (χ0) is 19.4. The van der Waals surface area contributed by atoms with Gasteiger partial charge >= 0.3 is 12.3 Å². The monoisotopic (exact) mass is 420 g/mol. The van der Waals surface area contributed by atoms with Crippen LogP contribution in [-0.2, 0) is 17.5 Å². The van der Waals surface area contributed by atoms with Gasteiger partial charge in [0.05, 0.1) is 28.4 Å². The molecule has 0 radical (unpaired) electrons. The van der Waals surface area contributed by atoms with Crippen LogP contribution >= 0.6 is 22.9 Å². The number of halogens is 4. The zero-order valence-corrected chi connectivity index (χ0v) is 15.6. The number of amides is 1. The van der Waals surface area contributed by atoms with Crippen LogP contribution in [0.3, 0.4) is 0 Å². The van der Waals surface area contributed by atoms with Crippen LogP contribution in [0.25, 0.3) is 0 Å². The van der Waals surface area contributed by atoms with E-state index < -0.39 is 17.8 Å². The maximum atomic E-state index is 12.9. The lowest BCUT2D eigenvalue weighted by Gasteiger charge is -2.17. The third kappa shape index (κ3) is 5.26. The Labute approximate surface area is 162 Å². The Kier molecular flexibility index (Phi) is 6.11. The van der Waals surface area contributed by atoms with E-state index in [4.69, 9.17) is 21.1 Å². The van der Waals surface area contributed by atoms with E-state index in [0.29, 0.717) is 25.2 Å². The molecule has 3 rings (SSSR count). The van der Waals surface area contributed by atoms with Gasteiger partial charge in [-0.3, -0.25) is 0 Å². The number of thiazole rings is 1. The highest BCUT2D eigenvalue weighted by molar-refractivity contribution is 7.07. The fourth-order valence-corrected chi connectivity index (χ4v) is 3.46. The molecule has 2 aromatic rings. The first-order chi connectivity index (χ1) is 12.8. The van der Waals surface area contributed by atoms with Gasteiger partial charge in [-0.15, -0.1) is 11.3 Å². The third-order valence-electron chi connectivity index (χ3n) is 4.10. The number of benzene rings is 1. The number of likely N-dealkylation sites (tertiary alicyclic amines) is 1. The van der Waals surface area contributed by atoms with Gasteiger partial charge in [-0.2, -0.15) is 13.2 Å². The van der Waals surface area contributed by atoms with Gasteiger partial charge in [-0.1, -0.05) is 11.6 Å². The number of alkyl halides is 3. The number of aromatic nitrogens is 1. The Balaban J connectivity index is 1.48. The van der Waals surface area contributed by atoms with Crippen molar-refractivity contribution in [3.8, 4) is 5.75 Å². The number of carbonyl (C=O) groups is 1. The Morgan fingerprint density at radius 2 is 2.22 bits per heavy atom. The highest BCUT2D eigenvalue weighted by Crippen LogP contribution is 2.36. The van der Waals surface area contributed by atoms with Crippen LogP contribution in [0.5, 0.6) is 5.75 Å². The predicted molar refractivity (Wildman–Crippen MR) is 93.9 cm³/mol. The fraction of sp³-hybridized carbons (Fsp3) is 0.412. The van der Waals surface area contributed by atoms with Crippen LogP contribution in [0.1, 0.15) is 17.7 Å². The summed E-state index contributed by atoms with van der Waals surface area (Å²) in [5.41, 5.74) is 1.42. The van der Waals surface area contributed by atoms with Crippen molar-refractivity contribution in [1.29, 1.82) is 0 Å². The van der Waals surface area contributed by atoms with Crippen molar-refractivity contribution in [2.75, 3.05) is 19.7 Å². The average molecular weight is 421 g/mol. The number of hydrogen-bond donors (Lipinski definition) is 0. The van der Waals surface area contributed by atoms with E-state index in [9.17, 15) is 18.0 Å². The van der Waals surface area contributed by atoms with Crippen LogP contribution in [0, 0.1) is 5.92 Å². The van der Waals surface area contributed by atoms with Gasteiger partial charge in [0.1, 0.15) is 12.4 Å². The molecule has 0 aliphatic carbocycles. The number of hydrogen-bond acceptors (Lipinski definition) is 5. The van der Waals surface area contributed by atoms with Crippen molar-refractivity contribution in [3.63, 3.8) is 0 Å². The molecule has 1 aromatic carbocycles. The minimum atomic E-state index is -4.54. The molecule has 0 bridgehead atoms. The van der Waals surface area contributed by atoms with Crippen LogP contribution in [0.4, 0.5) is 18.0 Å². The van der Waals surface area contributed by atoms with Crippen molar-refractivity contribution in [2.45, 2.75) is 19.2 Å². The van der Waals surface area contributed by atoms with E-state index in [0.717, 1.165) is 12.1 Å². The molecule has 0 N–H and O–H groups in total. The summed E-state index contributed by atoms with van der Waals surface area (Å²) in [7, 11) is 0. The summed E-state index contributed by atoms with van der Waals surface area (Å²) in [6, 6.07) is 3.44. The standard InChI is InChI=1S/C17H16ClF3N2O3S/c18-15-2-1-13(5-14(15)17(19,20)21)25-7-11-3-4-23(6-11)16(24)26-8-12-9-27-10-22-12/h1-2,5,9-11H,3-4,6-8H2. The molecule has 1 unspecified atom stereocenters. The molecule has 27 heavy (non-hydrogen) atoms. The second-order valence-corrected chi connectivity index (χ2v) is 7.21. The predicted octanol–water partition coefficient (Wildman–Crippen LogP) is 4.85. The first kappa shape index (κ1) is 19.8. The first-order valence-corrected chi connectivity index (χ1v) is 9.43. The topological polar surface area (TPSA) is 51.7 Å². The van der Waals surface area contributed by atoms with Gasteiger partial charge in [0, 0.05) is 24.4 Å². The Morgan fingerprint density at radius 3 is 2.93 bits per heavy atom. The Bertz CT molecular complexity index is 786. The van der Waals surface area contributed by atoms with Crippen molar-refractivity contribution in [3.05, 3.63) is 45.4 Å². The molecule has 1 fully saturated rings. The van der Waals surface area contributed by atoms with Crippen molar-refractivity contribution in [2.24, 2.45) is 5.92 Å². The van der Waals surface area contributed by atoms with Gasteiger partial charge in [-0.05, 0) is 24.6 Å². The SMILES string of the molecule is O=C(OCc1cscn1)N1CCC(COc2ccc(Cl)c(C(F)(F)F)c2)C1. The second kappa shape index (κ2) is 8.35. The molecule has 1 aromatic heterocycles. The lowest BCUT2D eigenvalue weighted by atomic mass is 10.1. The Hall–Kier alpha value is -2.00. The number of nitrogens with zero attached hydrogens (tertiary/aromatic N) is 2. The van der Waals surface area contributed by atoms with Gasteiger partial charge < -0.3 is 14.4 Å². The van der Waals surface area contributed by atoms with Gasteiger partial charge in [0.15, 0.2) is 0 Å². The van der Waals surface area contributed by atoms with Crippen molar-refractivity contribution in [1.82, 2.24) is 9.88 Å². The van der Waals surface area contributed by atoms with E-state index in [2.05, 4.69) is 4.98 Å². The van der Waals surface area contributed by atoms with Crippen LogP contribution in [0.15, 0.2) is 29.1 Å². The lowest BCUT2D eigenvalue weighted by Crippen LogP contribution is -2.30. The minimum Gasteiger partial charge on any atom is -0.493 e. The second-order valence-electron chi connectivity index (χ2n) is 6.09. The molecule has 146 valence electrons. The van der Waals surface area contributed by atoms with Crippen molar-refractivity contribution < 1.29 is 27.4 Å². The molecule has 1 amide bonds. The first-order valence-electron chi connectivity index (χ1n) is 8.11. The maximum absolute atomic E-state index is 12.9. The molecular weight excluding hydrogens is 405 g/mol. The number of carbonyl (C=O) groups excluding carboxylic acids is 1. The van der Waals surface area contributed by atoms with Crippen LogP contribution < -0.4 is 4.74 Å². The number of ether oxygens (including phenoxy) is 2. The molecule has 5 nitrogen and oxygen atoms in total. The summed E-state index contributed by atoms with van der Waals surface area (Å²) in [6.45, 7) is 1.26. The van der Waals surface area contributed by atoms with Gasteiger partial charge in [0.25, 0.3) is 0 Å². The largest absolute Gasteiger partial charge is 0.493 e. The summed E-state index contributed by atoms with van der Waals surface area (Å²) >= 11 is 7.01. The highest BCUT2D eigenvalue weighted by Gasteiger charge is 2.34. The maximum Gasteiger partial charge on any atom is 0.417 e. The van der Waals surface area contributed by atoms with E-state index in [1.54, 1.807) is 15.8 Å². The third-order valence-corrected chi connectivity index (χ3v) is 5.06. The Morgan fingerprint density at radius 1 is 1.41 bits per heavy atom. The molecule has 1 aliphatic heterocycles. The summed E-state index contributed by atoms with van der Waals surface area (Å²) in [4.78, 5) is 17.6. The minimum absolute atomic E-state index is 0.0156. The summed E-state index contributed by atoms with van der Waals surface area (Å²) in [6.07, 6.45) is -4.29. The molecule has 0 spiro atoms. The molecular formula is C17H16ClF3N2O3S. The number of rotatable bonds is 5. The summed E-state index contributed by atoms with van der Waals surface area (Å²) < 4.78 is 49.3. The molecule has 10 heteroatoms. The summed E-state index contributed by atoms with van der Waals surface area (Å²) in [5.74, 6) is 0.109. The molecule has 2 heterocycles. The van der Waals surface area contributed by atoms with E-state index in [1.807, 2.05) is 0 Å².